The molecular weight excluding hydrogens is 308 g/mol. The zero-order valence-electron chi connectivity index (χ0n) is 12.2. The molecule has 4 nitrogen and oxygen atoms in total. The van der Waals surface area contributed by atoms with E-state index in [-0.39, 0.29) is 30.5 Å². The zero-order chi connectivity index (χ0) is 14.4. The molecule has 1 fully saturated rings. The molecule has 1 saturated heterocycles. The number of ether oxygens (including phenoxy) is 1. The largest absolute Gasteiger partial charge is 0.364 e. The number of halogens is 1. The molecule has 1 aromatic carbocycles. The van der Waals surface area contributed by atoms with Crippen LogP contribution in [-0.4, -0.2) is 36.7 Å². The van der Waals surface area contributed by atoms with Gasteiger partial charge >= 0.3 is 0 Å². The van der Waals surface area contributed by atoms with Gasteiger partial charge in [0.1, 0.15) is 6.10 Å². The van der Waals surface area contributed by atoms with E-state index in [2.05, 4.69) is 23.7 Å². The van der Waals surface area contributed by atoms with E-state index >= 15 is 0 Å². The lowest BCUT2D eigenvalue weighted by Crippen LogP contribution is -2.29. The Hall–Kier alpha value is -0.750. The van der Waals surface area contributed by atoms with Gasteiger partial charge in [-0.25, -0.2) is 0 Å². The second-order valence-electron chi connectivity index (χ2n) is 4.99. The van der Waals surface area contributed by atoms with Crippen LogP contribution in [-0.2, 0) is 16.0 Å². The maximum absolute atomic E-state index is 12.1. The van der Waals surface area contributed by atoms with Gasteiger partial charge in [-0.3, -0.25) is 4.79 Å². The summed E-state index contributed by atoms with van der Waals surface area (Å²) in [6.07, 6.45) is 4.44. The second-order valence-corrected chi connectivity index (χ2v) is 5.97. The molecule has 1 aliphatic heterocycles. The van der Waals surface area contributed by atoms with Crippen LogP contribution in [0.1, 0.15) is 18.4 Å². The Kier molecular flexibility index (Phi) is 8.11. The molecule has 1 amide bonds. The van der Waals surface area contributed by atoms with Crippen molar-refractivity contribution in [2.24, 2.45) is 5.73 Å². The van der Waals surface area contributed by atoms with Crippen molar-refractivity contribution in [3.63, 3.8) is 0 Å². The number of rotatable bonds is 6. The Labute approximate surface area is 136 Å². The average Bonchev–Trinajstić information content (AvgIpc) is 2.95. The molecule has 2 atom stereocenters. The molecule has 0 saturated carbocycles. The summed E-state index contributed by atoms with van der Waals surface area (Å²) >= 11 is 1.83. The molecule has 2 rings (SSSR count). The molecule has 21 heavy (non-hydrogen) atoms. The third kappa shape index (κ3) is 5.51. The predicted octanol–water partition coefficient (Wildman–Crippen LogP) is 2.46. The standard InChI is InChI=1S/C15H22N2O2S.ClH/c1-20-9-8-11-2-4-12(5-3-11)17-15(18)14-7-6-13(10-16)19-14;/h2-5,13-14H,6-10,16H2,1H3,(H,17,18);1H/t13-,14+;/m1./s1. The first-order valence-corrected chi connectivity index (χ1v) is 8.36. The van der Waals surface area contributed by atoms with Crippen molar-refractivity contribution in [2.45, 2.75) is 31.5 Å². The third-order valence-corrected chi connectivity index (χ3v) is 4.09. The monoisotopic (exact) mass is 330 g/mol. The minimum Gasteiger partial charge on any atom is -0.364 e. The van der Waals surface area contributed by atoms with Gasteiger partial charge in [0.25, 0.3) is 5.91 Å². The van der Waals surface area contributed by atoms with Crippen molar-refractivity contribution in [2.75, 3.05) is 23.9 Å². The average molecular weight is 331 g/mol. The number of carbonyl (C=O) groups is 1. The van der Waals surface area contributed by atoms with E-state index in [0.717, 1.165) is 30.7 Å². The number of nitrogens with two attached hydrogens (primary N) is 1. The van der Waals surface area contributed by atoms with Gasteiger partial charge in [-0.2, -0.15) is 11.8 Å². The first-order valence-electron chi connectivity index (χ1n) is 6.97. The summed E-state index contributed by atoms with van der Waals surface area (Å²) in [5.74, 6) is 1.04. The lowest BCUT2D eigenvalue weighted by atomic mass is 10.1. The van der Waals surface area contributed by atoms with E-state index in [1.165, 1.54) is 5.56 Å². The van der Waals surface area contributed by atoms with E-state index in [1.54, 1.807) is 0 Å². The highest BCUT2D eigenvalue weighted by Gasteiger charge is 2.29. The first kappa shape index (κ1) is 18.3. The fourth-order valence-electron chi connectivity index (χ4n) is 2.27. The molecule has 0 aromatic heterocycles. The SMILES string of the molecule is CSCCc1ccc(NC(=O)[C@@H]2CC[C@H](CN)O2)cc1.Cl. The summed E-state index contributed by atoms with van der Waals surface area (Å²) in [5, 5.41) is 2.90. The summed E-state index contributed by atoms with van der Waals surface area (Å²) in [6.45, 7) is 0.480. The highest BCUT2D eigenvalue weighted by Crippen LogP contribution is 2.20. The van der Waals surface area contributed by atoms with E-state index in [0.29, 0.717) is 6.54 Å². The van der Waals surface area contributed by atoms with Gasteiger partial charge in [-0.05, 0) is 49.0 Å². The minimum atomic E-state index is -0.361. The topological polar surface area (TPSA) is 64.4 Å². The third-order valence-electron chi connectivity index (χ3n) is 3.48. The molecule has 1 aromatic rings. The quantitative estimate of drug-likeness (QED) is 0.841. The molecule has 0 bridgehead atoms. The van der Waals surface area contributed by atoms with Crippen molar-refractivity contribution < 1.29 is 9.53 Å². The number of aryl methyl sites for hydroxylation is 1. The molecular formula is C15H23ClN2O2S. The Balaban J connectivity index is 0.00000220. The van der Waals surface area contributed by atoms with E-state index in [9.17, 15) is 4.79 Å². The normalized spacial score (nSPS) is 20.9. The molecule has 0 aliphatic carbocycles. The van der Waals surface area contributed by atoms with Gasteiger partial charge in [0.2, 0.25) is 0 Å². The van der Waals surface area contributed by atoms with Crippen LogP contribution in [0.2, 0.25) is 0 Å². The number of thioether (sulfide) groups is 1. The first-order chi connectivity index (χ1) is 9.72. The van der Waals surface area contributed by atoms with Crippen molar-refractivity contribution >= 4 is 35.8 Å². The molecule has 1 aliphatic rings. The second kappa shape index (κ2) is 9.30. The zero-order valence-corrected chi connectivity index (χ0v) is 13.8. The van der Waals surface area contributed by atoms with Gasteiger partial charge in [0, 0.05) is 12.2 Å². The number of amides is 1. The van der Waals surface area contributed by atoms with Crippen LogP contribution in [0.4, 0.5) is 5.69 Å². The maximum Gasteiger partial charge on any atom is 0.253 e. The Morgan fingerprint density at radius 3 is 2.67 bits per heavy atom. The summed E-state index contributed by atoms with van der Waals surface area (Å²) in [4.78, 5) is 12.1. The number of benzene rings is 1. The Morgan fingerprint density at radius 1 is 1.38 bits per heavy atom. The van der Waals surface area contributed by atoms with Crippen molar-refractivity contribution in [1.82, 2.24) is 0 Å². The van der Waals surface area contributed by atoms with Crippen LogP contribution in [0, 0.1) is 0 Å². The molecule has 6 heteroatoms. The van der Waals surface area contributed by atoms with Crippen LogP contribution in [0.25, 0.3) is 0 Å². The van der Waals surface area contributed by atoms with Crippen LogP contribution in [0.15, 0.2) is 24.3 Å². The van der Waals surface area contributed by atoms with Crippen LogP contribution in [0.3, 0.4) is 0 Å². The number of hydrogen-bond acceptors (Lipinski definition) is 4. The minimum absolute atomic E-state index is 0. The van der Waals surface area contributed by atoms with Gasteiger partial charge in [0.05, 0.1) is 6.10 Å². The van der Waals surface area contributed by atoms with Crippen molar-refractivity contribution in [3.05, 3.63) is 29.8 Å². The fourth-order valence-corrected chi connectivity index (χ4v) is 2.71. The molecule has 0 radical (unpaired) electrons. The highest BCUT2D eigenvalue weighted by molar-refractivity contribution is 7.98. The maximum atomic E-state index is 12.1. The van der Waals surface area contributed by atoms with Crippen molar-refractivity contribution in [1.29, 1.82) is 0 Å². The molecule has 3 N–H and O–H groups in total. The van der Waals surface area contributed by atoms with Crippen molar-refractivity contribution in [3.8, 4) is 0 Å². The predicted molar refractivity (Wildman–Crippen MR) is 91.4 cm³/mol. The van der Waals surface area contributed by atoms with Gasteiger partial charge in [-0.15, -0.1) is 12.4 Å². The van der Waals surface area contributed by atoms with Gasteiger partial charge in [-0.1, -0.05) is 12.1 Å². The van der Waals surface area contributed by atoms with Gasteiger partial charge < -0.3 is 15.8 Å². The number of carbonyl (C=O) groups excluding carboxylic acids is 1. The van der Waals surface area contributed by atoms with E-state index in [4.69, 9.17) is 10.5 Å². The Bertz CT molecular complexity index is 442. The van der Waals surface area contributed by atoms with Crippen LogP contribution in [0.5, 0.6) is 0 Å². The van der Waals surface area contributed by atoms with E-state index < -0.39 is 0 Å². The summed E-state index contributed by atoms with van der Waals surface area (Å²) in [5.41, 5.74) is 7.66. The van der Waals surface area contributed by atoms with Crippen LogP contribution < -0.4 is 11.1 Å². The lowest BCUT2D eigenvalue weighted by molar-refractivity contribution is -0.126. The summed E-state index contributed by atoms with van der Waals surface area (Å²) < 4.78 is 5.58. The number of anilines is 1. The smallest absolute Gasteiger partial charge is 0.253 e. The van der Waals surface area contributed by atoms with Gasteiger partial charge in [0.15, 0.2) is 0 Å². The van der Waals surface area contributed by atoms with Crippen LogP contribution >= 0.6 is 24.2 Å². The van der Waals surface area contributed by atoms with E-state index in [1.807, 2.05) is 23.9 Å². The molecule has 118 valence electrons. The highest BCUT2D eigenvalue weighted by atomic mass is 35.5. The molecule has 0 spiro atoms. The lowest BCUT2D eigenvalue weighted by Gasteiger charge is -2.13. The molecule has 1 heterocycles. The summed E-state index contributed by atoms with van der Waals surface area (Å²) in [7, 11) is 0. The number of nitrogens with one attached hydrogen (secondary N) is 1. The fraction of sp³-hybridized carbons (Fsp3) is 0.533. The number of hydrogen-bond donors (Lipinski definition) is 2. The molecule has 0 unspecified atom stereocenters. The Morgan fingerprint density at radius 2 is 2.10 bits per heavy atom. The summed E-state index contributed by atoms with van der Waals surface area (Å²) in [6, 6.07) is 8.01.